The Morgan fingerprint density at radius 1 is 1.19 bits per heavy atom. The highest BCUT2D eigenvalue weighted by molar-refractivity contribution is 6.04. The minimum absolute atomic E-state index is 0.00391. The van der Waals surface area contributed by atoms with E-state index < -0.39 is 0 Å². The lowest BCUT2D eigenvalue weighted by atomic mass is 9.92. The molecule has 140 valence electrons. The van der Waals surface area contributed by atoms with Gasteiger partial charge in [0.15, 0.2) is 12.4 Å². The molecule has 2 atom stereocenters. The maximum Gasteiger partial charge on any atom is 0.265 e. The molecule has 0 aromatic heterocycles. The number of carbonyl (C=O) groups is 3. The summed E-state index contributed by atoms with van der Waals surface area (Å²) in [5, 5.41) is 0. The zero-order valence-corrected chi connectivity index (χ0v) is 15.7. The molecule has 0 spiro atoms. The first-order valence-corrected chi connectivity index (χ1v) is 9.27. The van der Waals surface area contributed by atoms with Gasteiger partial charge in [-0.05, 0) is 36.5 Å². The molecule has 0 N–H and O–H groups in total. The number of hydrogen-bond donors (Lipinski definition) is 0. The van der Waals surface area contributed by atoms with Crippen LogP contribution in [0.15, 0.2) is 18.2 Å². The van der Waals surface area contributed by atoms with Crippen LogP contribution < -0.4 is 9.64 Å². The van der Waals surface area contributed by atoms with Crippen molar-refractivity contribution in [3.63, 3.8) is 0 Å². The van der Waals surface area contributed by atoms with Crippen LogP contribution >= 0.6 is 0 Å². The Kier molecular flexibility index (Phi) is 5.30. The predicted octanol–water partition coefficient (Wildman–Crippen LogP) is 2.51. The molecule has 1 aromatic carbocycles. The fourth-order valence-corrected chi connectivity index (χ4v) is 3.85. The maximum atomic E-state index is 12.8. The first-order valence-electron chi connectivity index (χ1n) is 9.27. The number of Topliss-reactive ketones (excluding diaryl/α,β-unsaturated/α-hetero) is 1. The molecule has 26 heavy (non-hydrogen) atoms. The Balaban J connectivity index is 1.82. The fourth-order valence-electron chi connectivity index (χ4n) is 3.85. The largest absolute Gasteiger partial charge is 0.482 e. The second kappa shape index (κ2) is 7.48. The molecule has 0 aliphatic carbocycles. The normalized spacial score (nSPS) is 22.7. The second-order valence-corrected chi connectivity index (χ2v) is 7.47. The van der Waals surface area contributed by atoms with Crippen LogP contribution in [-0.2, 0) is 9.59 Å². The number of carbonyl (C=O) groups excluding carboxylic acids is 3. The molecule has 2 amide bonds. The molecule has 2 aliphatic rings. The van der Waals surface area contributed by atoms with E-state index in [2.05, 4.69) is 13.8 Å². The molecule has 6 heteroatoms. The predicted molar refractivity (Wildman–Crippen MR) is 98.4 cm³/mol. The minimum Gasteiger partial charge on any atom is -0.482 e. The molecule has 3 rings (SSSR count). The summed E-state index contributed by atoms with van der Waals surface area (Å²) in [6.07, 6.45) is 1.50. The van der Waals surface area contributed by atoms with Gasteiger partial charge in [-0.25, -0.2) is 0 Å². The van der Waals surface area contributed by atoms with Crippen LogP contribution in [0.25, 0.3) is 0 Å². The van der Waals surface area contributed by atoms with Crippen molar-refractivity contribution >= 4 is 23.3 Å². The average Bonchev–Trinajstić information content (AvgIpc) is 2.62. The van der Waals surface area contributed by atoms with Crippen LogP contribution in [-0.4, -0.2) is 48.7 Å². The van der Waals surface area contributed by atoms with Crippen molar-refractivity contribution in [1.82, 2.24) is 4.90 Å². The summed E-state index contributed by atoms with van der Waals surface area (Å²) in [7, 11) is 0. The van der Waals surface area contributed by atoms with Gasteiger partial charge in [0.2, 0.25) is 5.91 Å². The summed E-state index contributed by atoms with van der Waals surface area (Å²) >= 11 is 0. The van der Waals surface area contributed by atoms with E-state index in [4.69, 9.17) is 4.74 Å². The third kappa shape index (κ3) is 3.74. The second-order valence-electron chi connectivity index (χ2n) is 7.47. The third-order valence-corrected chi connectivity index (χ3v) is 5.06. The molecule has 0 saturated carbocycles. The Morgan fingerprint density at radius 2 is 1.88 bits per heavy atom. The zero-order chi connectivity index (χ0) is 18.8. The number of likely N-dealkylation sites (tertiary alicyclic amines) is 1. The summed E-state index contributed by atoms with van der Waals surface area (Å²) in [6.45, 7) is 7.43. The number of ketones is 1. The highest BCUT2D eigenvalue weighted by Crippen LogP contribution is 2.33. The minimum atomic E-state index is -0.259. The van der Waals surface area contributed by atoms with E-state index in [0.717, 1.165) is 19.5 Å². The molecular weight excluding hydrogens is 332 g/mol. The standard InChI is InChI=1S/C20H26N2O4/c1-4-17(23)15-5-6-18-16(8-15)22(20(25)12-26-18)11-19(24)21-9-13(2)7-14(3)10-21/h5-6,8,13-14H,4,7,9-12H2,1-3H3. The zero-order valence-electron chi connectivity index (χ0n) is 15.7. The van der Waals surface area contributed by atoms with Crippen molar-refractivity contribution in [2.24, 2.45) is 11.8 Å². The molecule has 1 fully saturated rings. The lowest BCUT2D eigenvalue weighted by Gasteiger charge is -2.37. The number of fused-ring (bicyclic) bond motifs is 1. The van der Waals surface area contributed by atoms with Gasteiger partial charge in [-0.3, -0.25) is 19.3 Å². The first kappa shape index (κ1) is 18.4. The van der Waals surface area contributed by atoms with Crippen molar-refractivity contribution in [2.75, 3.05) is 31.1 Å². The number of ether oxygens (including phenoxy) is 1. The highest BCUT2D eigenvalue weighted by atomic mass is 16.5. The van der Waals surface area contributed by atoms with Crippen LogP contribution in [0.1, 0.15) is 44.0 Å². The van der Waals surface area contributed by atoms with Crippen LogP contribution in [0.3, 0.4) is 0 Å². The van der Waals surface area contributed by atoms with Crippen LogP contribution in [0, 0.1) is 11.8 Å². The number of amides is 2. The number of hydrogen-bond acceptors (Lipinski definition) is 4. The summed E-state index contributed by atoms with van der Waals surface area (Å²) in [4.78, 5) is 40.5. The van der Waals surface area contributed by atoms with E-state index in [9.17, 15) is 14.4 Å². The topological polar surface area (TPSA) is 66.9 Å². The number of anilines is 1. The lowest BCUT2D eigenvalue weighted by molar-refractivity contribution is -0.134. The maximum absolute atomic E-state index is 12.8. The van der Waals surface area contributed by atoms with Gasteiger partial charge in [0.25, 0.3) is 5.91 Å². The van der Waals surface area contributed by atoms with Crippen LogP contribution in [0.4, 0.5) is 5.69 Å². The number of rotatable bonds is 4. The van der Waals surface area contributed by atoms with Crippen molar-refractivity contribution in [2.45, 2.75) is 33.6 Å². The van der Waals surface area contributed by atoms with E-state index in [1.165, 1.54) is 4.90 Å². The van der Waals surface area contributed by atoms with E-state index in [1.807, 2.05) is 4.90 Å². The smallest absolute Gasteiger partial charge is 0.265 e. The summed E-state index contributed by atoms with van der Waals surface area (Å²) < 4.78 is 5.47. The van der Waals surface area contributed by atoms with E-state index >= 15 is 0 Å². The van der Waals surface area contributed by atoms with Gasteiger partial charge in [0, 0.05) is 25.1 Å². The summed E-state index contributed by atoms with van der Waals surface area (Å²) in [6, 6.07) is 5.06. The molecule has 6 nitrogen and oxygen atoms in total. The van der Waals surface area contributed by atoms with Gasteiger partial charge in [-0.2, -0.15) is 0 Å². The SMILES string of the molecule is CCC(=O)c1ccc2c(c1)N(CC(=O)N1CC(C)CC(C)C1)C(=O)CO2. The quantitative estimate of drug-likeness (QED) is 0.776. The number of nitrogens with zero attached hydrogens (tertiary/aromatic N) is 2. The third-order valence-electron chi connectivity index (χ3n) is 5.06. The molecule has 0 radical (unpaired) electrons. The van der Waals surface area contributed by atoms with Crippen LogP contribution in [0.2, 0.25) is 0 Å². The van der Waals surface area contributed by atoms with Gasteiger partial charge in [-0.15, -0.1) is 0 Å². The van der Waals surface area contributed by atoms with Gasteiger partial charge in [-0.1, -0.05) is 20.8 Å². The van der Waals surface area contributed by atoms with E-state index in [1.54, 1.807) is 25.1 Å². The molecule has 0 bridgehead atoms. The van der Waals surface area contributed by atoms with E-state index in [0.29, 0.717) is 35.3 Å². The highest BCUT2D eigenvalue weighted by Gasteiger charge is 2.31. The number of benzene rings is 1. The Hall–Kier alpha value is -2.37. The molecular formula is C20H26N2O4. The molecule has 2 unspecified atom stereocenters. The molecule has 2 aliphatic heterocycles. The average molecular weight is 358 g/mol. The van der Waals surface area contributed by atoms with Crippen molar-refractivity contribution < 1.29 is 19.1 Å². The van der Waals surface area contributed by atoms with Crippen molar-refractivity contribution in [1.29, 1.82) is 0 Å². The first-order chi connectivity index (χ1) is 12.4. The Morgan fingerprint density at radius 3 is 2.54 bits per heavy atom. The summed E-state index contributed by atoms with van der Waals surface area (Å²) in [5.41, 5.74) is 1.04. The monoisotopic (exact) mass is 358 g/mol. The van der Waals surface area contributed by atoms with Gasteiger partial charge in [0.1, 0.15) is 12.3 Å². The molecule has 1 saturated heterocycles. The van der Waals surface area contributed by atoms with Gasteiger partial charge in [0.05, 0.1) is 5.69 Å². The number of piperidine rings is 1. The molecule has 1 aromatic rings. The summed E-state index contributed by atoms with van der Waals surface area (Å²) in [5.74, 6) is 1.14. The Bertz CT molecular complexity index is 721. The fraction of sp³-hybridized carbons (Fsp3) is 0.550. The molecule has 2 heterocycles. The van der Waals surface area contributed by atoms with Crippen molar-refractivity contribution in [3.05, 3.63) is 23.8 Å². The van der Waals surface area contributed by atoms with E-state index in [-0.39, 0.29) is 30.7 Å². The van der Waals surface area contributed by atoms with Gasteiger partial charge >= 0.3 is 0 Å². The van der Waals surface area contributed by atoms with Crippen molar-refractivity contribution in [3.8, 4) is 5.75 Å². The van der Waals surface area contributed by atoms with Crippen LogP contribution in [0.5, 0.6) is 5.75 Å². The Labute approximate surface area is 154 Å². The van der Waals surface area contributed by atoms with Gasteiger partial charge < -0.3 is 9.64 Å². The lowest BCUT2D eigenvalue weighted by Crippen LogP contribution is -2.50.